The number of hydrogen-bond donors (Lipinski definition) is 1. The largest absolute Gasteiger partial charge is 0.442 e. The Bertz CT molecular complexity index is 1170. The molecule has 0 amide bonds. The third kappa shape index (κ3) is 3.08. The van der Waals surface area contributed by atoms with Gasteiger partial charge in [-0.05, 0) is 36.6 Å². The van der Waals surface area contributed by atoms with Crippen LogP contribution in [-0.2, 0) is 15.2 Å². The van der Waals surface area contributed by atoms with Crippen molar-refractivity contribution in [2.75, 3.05) is 12.8 Å². The zero-order valence-corrected chi connectivity index (χ0v) is 16.9. The average Bonchev–Trinajstić information content (AvgIpc) is 3.29. The van der Waals surface area contributed by atoms with E-state index in [4.69, 9.17) is 10.2 Å². The van der Waals surface area contributed by atoms with E-state index in [1.807, 2.05) is 0 Å². The number of rotatable bonds is 3. The fourth-order valence-corrected chi connectivity index (χ4v) is 5.99. The summed E-state index contributed by atoms with van der Waals surface area (Å²) >= 11 is 1.24. The van der Waals surface area contributed by atoms with E-state index in [9.17, 15) is 8.60 Å². The Balaban J connectivity index is 1.77. The molecule has 146 valence electrons. The Labute approximate surface area is 165 Å². The first-order valence-electron chi connectivity index (χ1n) is 8.29. The predicted octanol–water partition coefficient (Wildman–Crippen LogP) is 2.71. The number of aliphatic imine (C=N–C) groups is 1. The third-order valence-corrected chi connectivity index (χ3v) is 8.21. The highest BCUT2D eigenvalue weighted by atomic mass is 32.2. The van der Waals surface area contributed by atoms with Crippen molar-refractivity contribution >= 4 is 32.9 Å². The number of halogens is 1. The lowest BCUT2D eigenvalue weighted by molar-refractivity contribution is 0.493. The molecule has 10 heteroatoms. The molecule has 7 nitrogen and oxygen atoms in total. The first kappa shape index (κ1) is 18.6. The molecule has 3 aromatic rings. The molecule has 28 heavy (non-hydrogen) atoms. The fourth-order valence-electron chi connectivity index (χ4n) is 3.12. The van der Waals surface area contributed by atoms with Gasteiger partial charge >= 0.3 is 0 Å². The van der Waals surface area contributed by atoms with Crippen LogP contribution < -0.4 is 5.73 Å². The number of nitrogens with zero attached hydrogens (tertiary/aromatic N) is 4. The molecule has 4 heterocycles. The molecule has 0 spiro atoms. The van der Waals surface area contributed by atoms with Crippen LogP contribution in [-0.4, -0.2) is 43.1 Å². The molecule has 0 aromatic carbocycles. The molecule has 0 fully saturated rings. The van der Waals surface area contributed by atoms with E-state index in [0.717, 1.165) is 5.56 Å². The summed E-state index contributed by atoms with van der Waals surface area (Å²) in [5.41, 5.74) is 6.25. The van der Waals surface area contributed by atoms with E-state index >= 15 is 0 Å². The smallest absolute Gasteiger partial charge is 0.203 e. The van der Waals surface area contributed by atoms with Crippen molar-refractivity contribution in [3.8, 4) is 21.9 Å². The summed E-state index contributed by atoms with van der Waals surface area (Å²) in [4.78, 5) is 13.6. The first-order valence-corrected chi connectivity index (χ1v) is 11.0. The maximum atomic E-state index is 14.9. The summed E-state index contributed by atoms with van der Waals surface area (Å²) < 4.78 is 34.3. The molecule has 0 saturated heterocycles. The fraction of sp³-hybridized carbons (Fsp3) is 0.222. The molecule has 1 aliphatic heterocycles. The average molecular weight is 420 g/mol. The minimum Gasteiger partial charge on any atom is -0.442 e. The van der Waals surface area contributed by atoms with Gasteiger partial charge in [0.25, 0.3) is 0 Å². The molecular formula is C18H18FN5O2S2. The Hall–Kier alpha value is -2.72. The topological polar surface area (TPSA) is 97.6 Å². The van der Waals surface area contributed by atoms with Gasteiger partial charge in [0.15, 0.2) is 12.2 Å². The lowest BCUT2D eigenvalue weighted by Gasteiger charge is -2.36. The second-order valence-electron chi connectivity index (χ2n) is 6.74. The molecule has 0 aliphatic carbocycles. The summed E-state index contributed by atoms with van der Waals surface area (Å²) in [5.74, 6) is 4.03. The standard InChI is InChI=1S/C18H18FN5O2S2/c1-18(9-28(3,25)24(2)17(20)23-18)16-12(19)7-15(27-16)11-4-5-22-13(6-11)14-8-21-10-26-14/h4-8,10H,3,9H2,1-2H3,(H2,20,23)/t18-,28?/m0/s1. The predicted molar refractivity (Wildman–Crippen MR) is 110 cm³/mol. The maximum Gasteiger partial charge on any atom is 0.203 e. The highest BCUT2D eigenvalue weighted by Crippen LogP contribution is 2.41. The number of oxazole rings is 1. The van der Waals surface area contributed by atoms with Crippen LogP contribution in [0.4, 0.5) is 4.39 Å². The van der Waals surface area contributed by atoms with Crippen molar-refractivity contribution in [2.45, 2.75) is 12.5 Å². The van der Waals surface area contributed by atoms with Crippen molar-refractivity contribution in [3.63, 3.8) is 0 Å². The van der Waals surface area contributed by atoms with Crippen LogP contribution in [0, 0.1) is 5.82 Å². The van der Waals surface area contributed by atoms with Crippen LogP contribution >= 0.6 is 11.3 Å². The Morgan fingerprint density at radius 3 is 2.93 bits per heavy atom. The minimum atomic E-state index is -2.69. The van der Waals surface area contributed by atoms with Crippen LogP contribution in [0.5, 0.6) is 0 Å². The van der Waals surface area contributed by atoms with E-state index in [2.05, 4.69) is 20.8 Å². The van der Waals surface area contributed by atoms with Gasteiger partial charge < -0.3 is 10.2 Å². The van der Waals surface area contributed by atoms with Crippen LogP contribution in [0.15, 0.2) is 46.4 Å². The minimum absolute atomic E-state index is 0.0771. The van der Waals surface area contributed by atoms with E-state index in [0.29, 0.717) is 21.2 Å². The summed E-state index contributed by atoms with van der Waals surface area (Å²) in [7, 11) is -1.11. The van der Waals surface area contributed by atoms with Gasteiger partial charge in [-0.2, -0.15) is 0 Å². The van der Waals surface area contributed by atoms with Crippen molar-refractivity contribution in [3.05, 3.63) is 47.7 Å². The third-order valence-electron chi connectivity index (χ3n) is 4.59. The Morgan fingerprint density at radius 1 is 1.46 bits per heavy atom. The van der Waals surface area contributed by atoms with Gasteiger partial charge in [0, 0.05) is 18.1 Å². The maximum absolute atomic E-state index is 14.9. The molecule has 2 atom stereocenters. The van der Waals surface area contributed by atoms with Crippen LogP contribution in [0.2, 0.25) is 0 Å². The molecular weight excluding hydrogens is 401 g/mol. The van der Waals surface area contributed by atoms with Gasteiger partial charge in [0.2, 0.25) is 5.96 Å². The molecule has 4 rings (SSSR count). The zero-order valence-electron chi connectivity index (χ0n) is 15.3. The second-order valence-corrected chi connectivity index (χ2v) is 10.2. The van der Waals surface area contributed by atoms with Crippen molar-refractivity contribution in [2.24, 2.45) is 10.7 Å². The van der Waals surface area contributed by atoms with Gasteiger partial charge in [-0.1, -0.05) is 0 Å². The van der Waals surface area contributed by atoms with E-state index in [1.165, 1.54) is 28.1 Å². The monoisotopic (exact) mass is 419 g/mol. The molecule has 0 saturated carbocycles. The number of aromatic nitrogens is 2. The molecule has 1 aliphatic rings. The highest BCUT2D eigenvalue weighted by Gasteiger charge is 2.40. The lowest BCUT2D eigenvalue weighted by atomic mass is 10.0. The number of hydrogen-bond acceptors (Lipinski definition) is 7. The summed E-state index contributed by atoms with van der Waals surface area (Å²) in [6.45, 7) is 1.73. The molecule has 0 radical (unpaired) electrons. The van der Waals surface area contributed by atoms with Crippen LogP contribution in [0.25, 0.3) is 21.9 Å². The van der Waals surface area contributed by atoms with E-state index in [-0.39, 0.29) is 11.7 Å². The van der Waals surface area contributed by atoms with Gasteiger partial charge in [-0.25, -0.2) is 18.6 Å². The zero-order chi connectivity index (χ0) is 20.1. The molecule has 0 bridgehead atoms. The van der Waals surface area contributed by atoms with Gasteiger partial charge in [0.1, 0.15) is 17.1 Å². The number of guanidine groups is 1. The normalized spacial score (nSPS) is 25.0. The lowest BCUT2D eigenvalue weighted by Crippen LogP contribution is -2.50. The summed E-state index contributed by atoms with van der Waals surface area (Å²) in [6.07, 6.45) is 4.52. The molecule has 3 aromatic heterocycles. The number of pyridine rings is 1. The van der Waals surface area contributed by atoms with Gasteiger partial charge in [0.05, 0.1) is 26.5 Å². The van der Waals surface area contributed by atoms with Crippen LogP contribution in [0.1, 0.15) is 11.8 Å². The van der Waals surface area contributed by atoms with E-state index < -0.39 is 21.1 Å². The van der Waals surface area contributed by atoms with Crippen molar-refractivity contribution in [1.29, 1.82) is 0 Å². The highest BCUT2D eigenvalue weighted by molar-refractivity contribution is 7.98. The Kier molecular flexibility index (Phi) is 4.27. The van der Waals surface area contributed by atoms with Gasteiger partial charge in [-0.15, -0.1) is 11.3 Å². The molecule has 2 N–H and O–H groups in total. The van der Waals surface area contributed by atoms with Crippen molar-refractivity contribution < 1.29 is 13.0 Å². The summed E-state index contributed by atoms with van der Waals surface area (Å²) in [5, 5.41) is 0. The van der Waals surface area contributed by atoms with Gasteiger partial charge in [-0.3, -0.25) is 9.29 Å². The second kappa shape index (κ2) is 6.42. The van der Waals surface area contributed by atoms with Crippen LogP contribution in [0.3, 0.4) is 0 Å². The number of nitrogens with two attached hydrogens (primary N) is 1. The SMILES string of the molecule is C=S1(=O)C[C@@](C)(c2sc(-c3ccnc(-c4cnco4)c3)cc2F)N=C(N)N1C. The molecule has 1 unspecified atom stereocenters. The Morgan fingerprint density at radius 2 is 2.25 bits per heavy atom. The quantitative estimate of drug-likeness (QED) is 0.659. The number of thiophene rings is 1. The van der Waals surface area contributed by atoms with E-state index in [1.54, 1.807) is 38.5 Å². The first-order chi connectivity index (χ1) is 13.2. The summed E-state index contributed by atoms with van der Waals surface area (Å²) in [6, 6.07) is 5.03. The van der Waals surface area contributed by atoms with Crippen molar-refractivity contribution in [1.82, 2.24) is 14.3 Å².